The molecule has 0 aromatic carbocycles. The van der Waals surface area contributed by atoms with Gasteiger partial charge in [0.15, 0.2) is 0 Å². The van der Waals surface area contributed by atoms with Gasteiger partial charge in [-0.3, -0.25) is 0 Å². The number of aliphatic hydroxyl groups is 1. The Bertz CT molecular complexity index is 508. The van der Waals surface area contributed by atoms with Crippen LogP contribution in [0.5, 0.6) is 0 Å². The zero-order valence-electron chi connectivity index (χ0n) is 8.24. The summed E-state index contributed by atoms with van der Waals surface area (Å²) in [4.78, 5) is 8.00. The first-order valence-corrected chi connectivity index (χ1v) is 4.89. The monoisotopic (exact) mass is 226 g/mol. The number of hydrogen-bond donors (Lipinski definition) is 2. The lowest BCUT2D eigenvalue weighted by Crippen LogP contribution is -1.98. The van der Waals surface area contributed by atoms with Crippen LogP contribution < -0.4 is 5.73 Å². The maximum absolute atomic E-state index is 8.92. The molecule has 0 aliphatic heterocycles. The molecule has 0 bridgehead atoms. The molecule has 3 N–H and O–H groups in total. The summed E-state index contributed by atoms with van der Waals surface area (Å²) in [7, 11) is 1.85. The molecule has 6 heteroatoms. The molecule has 0 amide bonds. The van der Waals surface area contributed by atoms with Crippen molar-refractivity contribution in [2.45, 2.75) is 6.42 Å². The molecule has 0 saturated carbocycles. The average molecular weight is 227 g/mol. The molecule has 2 aromatic rings. The fourth-order valence-electron chi connectivity index (χ4n) is 1.64. The predicted octanol–water partition coefficient (Wildman–Crippen LogP) is 0.739. The molecule has 0 radical (unpaired) electrons. The van der Waals surface area contributed by atoms with Crippen LogP contribution in [0.25, 0.3) is 11.0 Å². The van der Waals surface area contributed by atoms with E-state index in [0.717, 1.165) is 10.9 Å². The van der Waals surface area contributed by atoms with Gasteiger partial charge in [-0.15, -0.1) is 0 Å². The van der Waals surface area contributed by atoms with Crippen LogP contribution in [0.15, 0.2) is 6.20 Å². The van der Waals surface area contributed by atoms with Gasteiger partial charge in [0.25, 0.3) is 0 Å². The highest BCUT2D eigenvalue weighted by Crippen LogP contribution is 2.26. The first-order chi connectivity index (χ1) is 7.13. The summed E-state index contributed by atoms with van der Waals surface area (Å²) in [5, 5.41) is 10.0. The molecule has 0 aliphatic carbocycles. The van der Waals surface area contributed by atoms with Crippen LogP contribution >= 0.6 is 11.6 Å². The van der Waals surface area contributed by atoms with Gasteiger partial charge in [0.2, 0.25) is 5.95 Å². The third-order valence-corrected chi connectivity index (χ3v) is 2.52. The van der Waals surface area contributed by atoms with Crippen molar-refractivity contribution in [2.75, 3.05) is 12.3 Å². The van der Waals surface area contributed by atoms with Crippen LogP contribution in [-0.2, 0) is 13.5 Å². The van der Waals surface area contributed by atoms with E-state index in [1.807, 2.05) is 17.8 Å². The Kier molecular flexibility index (Phi) is 2.50. The van der Waals surface area contributed by atoms with Crippen LogP contribution in [-0.4, -0.2) is 26.2 Å². The fourth-order valence-corrected chi connectivity index (χ4v) is 1.93. The van der Waals surface area contributed by atoms with Gasteiger partial charge >= 0.3 is 0 Å². The van der Waals surface area contributed by atoms with Gasteiger partial charge in [0.05, 0.1) is 5.39 Å². The number of halogens is 1. The number of aromatic nitrogens is 3. The van der Waals surface area contributed by atoms with Gasteiger partial charge < -0.3 is 15.4 Å². The lowest BCUT2D eigenvalue weighted by molar-refractivity contribution is 0.300. The van der Waals surface area contributed by atoms with E-state index in [2.05, 4.69) is 9.97 Å². The van der Waals surface area contributed by atoms with E-state index < -0.39 is 0 Å². The second-order valence-electron chi connectivity index (χ2n) is 3.31. The highest BCUT2D eigenvalue weighted by atomic mass is 35.5. The molecule has 0 spiro atoms. The van der Waals surface area contributed by atoms with E-state index in [0.29, 0.717) is 17.2 Å². The standard InChI is InChI=1S/C9H11ClN4O/c1-14-4-5(2-3-15)6-7(10)12-9(11)13-8(6)14/h4,15H,2-3H2,1H3,(H2,11,12,13). The van der Waals surface area contributed by atoms with Crippen molar-refractivity contribution in [1.29, 1.82) is 0 Å². The van der Waals surface area contributed by atoms with Gasteiger partial charge in [-0.2, -0.15) is 4.98 Å². The lowest BCUT2D eigenvalue weighted by atomic mass is 10.2. The summed E-state index contributed by atoms with van der Waals surface area (Å²) in [5.41, 5.74) is 7.13. The highest BCUT2D eigenvalue weighted by molar-refractivity contribution is 6.34. The van der Waals surface area contributed by atoms with Gasteiger partial charge in [-0.05, 0) is 12.0 Å². The molecule has 15 heavy (non-hydrogen) atoms. The van der Waals surface area contributed by atoms with E-state index in [9.17, 15) is 0 Å². The minimum atomic E-state index is 0.0693. The van der Waals surface area contributed by atoms with E-state index in [4.69, 9.17) is 22.4 Å². The maximum Gasteiger partial charge on any atom is 0.223 e. The topological polar surface area (TPSA) is 77.0 Å². The first kappa shape index (κ1) is 10.2. The van der Waals surface area contributed by atoms with Crippen LogP contribution in [0.2, 0.25) is 5.15 Å². The van der Waals surface area contributed by atoms with Crippen LogP contribution in [0, 0.1) is 0 Å². The minimum Gasteiger partial charge on any atom is -0.396 e. The van der Waals surface area contributed by atoms with Crippen molar-refractivity contribution in [2.24, 2.45) is 7.05 Å². The number of aryl methyl sites for hydroxylation is 1. The number of fused-ring (bicyclic) bond motifs is 1. The molecule has 2 heterocycles. The molecular formula is C9H11ClN4O. The zero-order chi connectivity index (χ0) is 11.0. The van der Waals surface area contributed by atoms with Crippen molar-refractivity contribution >= 4 is 28.6 Å². The Hall–Kier alpha value is -1.33. The summed E-state index contributed by atoms with van der Waals surface area (Å²) in [6.45, 7) is 0.0693. The van der Waals surface area contributed by atoms with E-state index in [-0.39, 0.29) is 12.6 Å². The molecule has 0 atom stereocenters. The lowest BCUT2D eigenvalue weighted by Gasteiger charge is -1.99. The number of rotatable bonds is 2. The summed E-state index contributed by atoms with van der Waals surface area (Å²) in [6.07, 6.45) is 2.41. The molecule has 2 rings (SSSR count). The van der Waals surface area contributed by atoms with Gasteiger partial charge in [0.1, 0.15) is 10.8 Å². The predicted molar refractivity (Wildman–Crippen MR) is 58.7 cm³/mol. The van der Waals surface area contributed by atoms with Crippen LogP contribution in [0.1, 0.15) is 5.56 Å². The number of nitrogens with zero attached hydrogens (tertiary/aromatic N) is 3. The SMILES string of the molecule is Cn1cc(CCO)c2c(Cl)nc(N)nc21. The Balaban J connectivity index is 2.75. The molecule has 2 aromatic heterocycles. The summed E-state index contributed by atoms with van der Waals surface area (Å²) < 4.78 is 1.82. The summed E-state index contributed by atoms with van der Waals surface area (Å²) in [6, 6.07) is 0. The molecule has 5 nitrogen and oxygen atoms in total. The quantitative estimate of drug-likeness (QED) is 0.741. The average Bonchev–Trinajstić information content (AvgIpc) is 2.44. The summed E-state index contributed by atoms with van der Waals surface area (Å²) >= 11 is 5.99. The van der Waals surface area contributed by atoms with Gasteiger partial charge in [0, 0.05) is 19.9 Å². The molecule has 0 saturated heterocycles. The normalized spacial score (nSPS) is 11.1. The van der Waals surface area contributed by atoms with Crippen molar-refractivity contribution in [3.63, 3.8) is 0 Å². The minimum absolute atomic E-state index is 0.0693. The fraction of sp³-hybridized carbons (Fsp3) is 0.333. The number of nitrogens with two attached hydrogens (primary N) is 1. The maximum atomic E-state index is 8.92. The number of hydrogen-bond acceptors (Lipinski definition) is 4. The van der Waals surface area contributed by atoms with Gasteiger partial charge in [-0.1, -0.05) is 11.6 Å². The summed E-state index contributed by atoms with van der Waals surface area (Å²) in [5.74, 6) is 0.157. The Morgan fingerprint density at radius 2 is 2.27 bits per heavy atom. The van der Waals surface area contributed by atoms with Crippen molar-refractivity contribution in [3.8, 4) is 0 Å². The molecule has 0 fully saturated rings. The molecule has 0 unspecified atom stereocenters. The molecule has 80 valence electrons. The second-order valence-corrected chi connectivity index (χ2v) is 3.67. The third-order valence-electron chi connectivity index (χ3n) is 2.25. The molecular weight excluding hydrogens is 216 g/mol. The number of nitrogen functional groups attached to an aromatic ring is 1. The second kappa shape index (κ2) is 3.67. The van der Waals surface area contributed by atoms with E-state index in [1.165, 1.54) is 0 Å². The first-order valence-electron chi connectivity index (χ1n) is 4.51. The molecule has 0 aliphatic rings. The van der Waals surface area contributed by atoms with E-state index in [1.54, 1.807) is 0 Å². The highest BCUT2D eigenvalue weighted by Gasteiger charge is 2.12. The van der Waals surface area contributed by atoms with Gasteiger partial charge in [-0.25, -0.2) is 4.98 Å². The third kappa shape index (κ3) is 1.64. The Morgan fingerprint density at radius 3 is 2.93 bits per heavy atom. The number of anilines is 1. The smallest absolute Gasteiger partial charge is 0.223 e. The van der Waals surface area contributed by atoms with Crippen molar-refractivity contribution < 1.29 is 5.11 Å². The number of aliphatic hydroxyl groups excluding tert-OH is 1. The van der Waals surface area contributed by atoms with Crippen molar-refractivity contribution in [1.82, 2.24) is 14.5 Å². The van der Waals surface area contributed by atoms with Crippen LogP contribution in [0.3, 0.4) is 0 Å². The zero-order valence-corrected chi connectivity index (χ0v) is 8.99. The van der Waals surface area contributed by atoms with E-state index >= 15 is 0 Å². The largest absolute Gasteiger partial charge is 0.396 e. The Labute approximate surface area is 91.5 Å². The van der Waals surface area contributed by atoms with Crippen LogP contribution in [0.4, 0.5) is 5.95 Å². The Morgan fingerprint density at radius 1 is 1.53 bits per heavy atom. The van der Waals surface area contributed by atoms with Crippen molar-refractivity contribution in [3.05, 3.63) is 16.9 Å².